The fourth-order valence-electron chi connectivity index (χ4n) is 2.44. The number of thiazole rings is 1. The second-order valence-corrected chi connectivity index (χ2v) is 7.87. The quantitative estimate of drug-likeness (QED) is 0.848. The molecule has 1 aromatic carbocycles. The highest BCUT2D eigenvalue weighted by Crippen LogP contribution is 2.28. The van der Waals surface area contributed by atoms with E-state index >= 15 is 0 Å². The first kappa shape index (κ1) is 14.6. The Kier molecular flexibility index (Phi) is 4.01. The number of nitrogens with zero attached hydrogens (tertiary/aromatic N) is 2. The number of nitrogens with two attached hydrogens (primary N) is 1. The second-order valence-electron chi connectivity index (χ2n) is 5.17. The average Bonchev–Trinajstić information content (AvgIpc) is 2.64. The molecule has 3 N–H and O–H groups in total. The van der Waals surface area contributed by atoms with Gasteiger partial charge in [0.05, 0.1) is 10.2 Å². The van der Waals surface area contributed by atoms with Gasteiger partial charge in [-0.25, -0.2) is 9.71 Å². The third kappa shape index (κ3) is 3.28. The molecular formula is C13H18N4O2S2. The first-order chi connectivity index (χ1) is 10.0. The van der Waals surface area contributed by atoms with Crippen LogP contribution in [0.3, 0.4) is 0 Å². The molecule has 21 heavy (non-hydrogen) atoms. The number of fused-ring (bicyclic) bond motifs is 1. The summed E-state index contributed by atoms with van der Waals surface area (Å²) >= 11 is 1.30. The minimum atomic E-state index is -3.52. The topological polar surface area (TPSA) is 88.3 Å². The molecule has 1 aliphatic heterocycles. The van der Waals surface area contributed by atoms with Crippen molar-refractivity contribution in [3.8, 4) is 0 Å². The maximum Gasteiger partial charge on any atom is 0.303 e. The number of aromatic nitrogens is 1. The van der Waals surface area contributed by atoms with Crippen molar-refractivity contribution >= 4 is 42.6 Å². The van der Waals surface area contributed by atoms with Crippen LogP contribution in [0.25, 0.3) is 10.2 Å². The van der Waals surface area contributed by atoms with Crippen LogP contribution < -0.4 is 10.5 Å². The number of anilines is 2. The predicted molar refractivity (Wildman–Crippen MR) is 86.6 cm³/mol. The van der Waals surface area contributed by atoms with E-state index < -0.39 is 10.2 Å². The van der Waals surface area contributed by atoms with Crippen LogP contribution in [0.1, 0.15) is 25.7 Å². The molecule has 0 bridgehead atoms. The third-order valence-electron chi connectivity index (χ3n) is 3.53. The van der Waals surface area contributed by atoms with Gasteiger partial charge in [-0.05, 0) is 31.0 Å². The molecule has 1 saturated heterocycles. The van der Waals surface area contributed by atoms with Gasteiger partial charge in [-0.1, -0.05) is 24.2 Å². The highest BCUT2D eigenvalue weighted by atomic mass is 32.2. The summed E-state index contributed by atoms with van der Waals surface area (Å²) in [5.41, 5.74) is 7.13. The molecule has 8 heteroatoms. The second kappa shape index (κ2) is 5.78. The van der Waals surface area contributed by atoms with Crippen LogP contribution in [0.5, 0.6) is 0 Å². The van der Waals surface area contributed by atoms with Gasteiger partial charge in [0.1, 0.15) is 0 Å². The molecule has 0 aliphatic carbocycles. The van der Waals surface area contributed by atoms with Gasteiger partial charge in [0.15, 0.2) is 5.13 Å². The van der Waals surface area contributed by atoms with Gasteiger partial charge in [-0.15, -0.1) is 0 Å². The Labute approximate surface area is 128 Å². The van der Waals surface area contributed by atoms with E-state index in [0.717, 1.165) is 35.9 Å². The van der Waals surface area contributed by atoms with E-state index in [-0.39, 0.29) is 0 Å². The number of hydrogen-bond donors (Lipinski definition) is 2. The summed E-state index contributed by atoms with van der Waals surface area (Å²) in [4.78, 5) is 4.30. The Bertz CT molecular complexity index is 734. The van der Waals surface area contributed by atoms with Crippen LogP contribution in [-0.2, 0) is 10.2 Å². The number of hydrogen-bond acceptors (Lipinski definition) is 5. The third-order valence-corrected chi connectivity index (χ3v) is 6.09. The Balaban J connectivity index is 1.82. The zero-order valence-electron chi connectivity index (χ0n) is 11.6. The lowest BCUT2D eigenvalue weighted by Gasteiger charge is -2.19. The van der Waals surface area contributed by atoms with Gasteiger partial charge in [0, 0.05) is 18.8 Å². The summed E-state index contributed by atoms with van der Waals surface area (Å²) in [6.07, 6.45) is 4.01. The highest BCUT2D eigenvalue weighted by molar-refractivity contribution is 7.90. The van der Waals surface area contributed by atoms with Crippen molar-refractivity contribution in [2.45, 2.75) is 25.7 Å². The summed E-state index contributed by atoms with van der Waals surface area (Å²) in [5, 5.41) is 0.389. The first-order valence-corrected chi connectivity index (χ1v) is 9.24. The van der Waals surface area contributed by atoms with Gasteiger partial charge < -0.3 is 5.73 Å². The van der Waals surface area contributed by atoms with E-state index in [1.165, 1.54) is 15.6 Å². The van der Waals surface area contributed by atoms with Crippen molar-refractivity contribution in [3.63, 3.8) is 0 Å². The molecule has 0 spiro atoms. The highest BCUT2D eigenvalue weighted by Gasteiger charge is 2.24. The van der Waals surface area contributed by atoms with Crippen molar-refractivity contribution in [1.82, 2.24) is 9.29 Å². The minimum Gasteiger partial charge on any atom is -0.399 e. The van der Waals surface area contributed by atoms with Crippen LogP contribution in [0.2, 0.25) is 0 Å². The lowest BCUT2D eigenvalue weighted by molar-refractivity contribution is 0.427. The Morgan fingerprint density at radius 2 is 1.90 bits per heavy atom. The first-order valence-electron chi connectivity index (χ1n) is 6.98. The normalized spacial score (nSPS) is 17.7. The van der Waals surface area contributed by atoms with E-state index in [1.54, 1.807) is 18.2 Å². The largest absolute Gasteiger partial charge is 0.399 e. The van der Waals surface area contributed by atoms with Crippen molar-refractivity contribution in [2.75, 3.05) is 23.5 Å². The van der Waals surface area contributed by atoms with Crippen LogP contribution in [-0.4, -0.2) is 30.8 Å². The monoisotopic (exact) mass is 326 g/mol. The van der Waals surface area contributed by atoms with Gasteiger partial charge in [0.2, 0.25) is 0 Å². The standard InChI is InChI=1S/C13H18N4O2S2/c14-10-5-6-11-12(9-10)20-13(15-11)16-21(18,19)17-7-3-1-2-4-8-17/h5-6,9H,1-4,7-8,14H2,(H,15,16). The average molecular weight is 326 g/mol. The number of benzene rings is 1. The fourth-order valence-corrected chi connectivity index (χ4v) is 4.82. The van der Waals surface area contributed by atoms with Crippen LogP contribution in [0.15, 0.2) is 18.2 Å². The van der Waals surface area contributed by atoms with Crippen LogP contribution in [0, 0.1) is 0 Å². The van der Waals surface area contributed by atoms with Crippen LogP contribution >= 0.6 is 11.3 Å². The van der Waals surface area contributed by atoms with Gasteiger partial charge >= 0.3 is 10.2 Å². The fraction of sp³-hybridized carbons (Fsp3) is 0.462. The number of nitrogens with one attached hydrogen (secondary N) is 1. The van der Waals surface area contributed by atoms with Crippen molar-refractivity contribution in [1.29, 1.82) is 0 Å². The summed E-state index contributed by atoms with van der Waals surface area (Å²) in [6.45, 7) is 1.15. The van der Waals surface area contributed by atoms with E-state index in [2.05, 4.69) is 9.71 Å². The molecule has 1 aliphatic rings. The van der Waals surface area contributed by atoms with E-state index in [1.807, 2.05) is 0 Å². The molecule has 0 saturated carbocycles. The summed E-state index contributed by atoms with van der Waals surface area (Å²) in [6, 6.07) is 5.36. The molecule has 0 amide bonds. The van der Waals surface area contributed by atoms with Gasteiger partial charge in [-0.2, -0.15) is 12.7 Å². The van der Waals surface area contributed by atoms with E-state index in [4.69, 9.17) is 5.73 Å². The zero-order valence-corrected chi connectivity index (χ0v) is 13.2. The predicted octanol–water partition coefficient (Wildman–Crippen LogP) is 2.41. The summed E-state index contributed by atoms with van der Waals surface area (Å²) in [7, 11) is -3.52. The number of rotatable bonds is 3. The molecule has 0 atom stereocenters. The maximum atomic E-state index is 12.4. The van der Waals surface area contributed by atoms with Crippen molar-refractivity contribution < 1.29 is 8.42 Å². The maximum absolute atomic E-state index is 12.4. The van der Waals surface area contributed by atoms with Crippen molar-refractivity contribution in [3.05, 3.63) is 18.2 Å². The molecular weight excluding hydrogens is 308 g/mol. The molecule has 114 valence electrons. The zero-order chi connectivity index (χ0) is 14.9. The van der Waals surface area contributed by atoms with Crippen molar-refractivity contribution in [2.24, 2.45) is 0 Å². The summed E-state index contributed by atoms with van der Waals surface area (Å²) < 4.78 is 29.8. The van der Waals surface area contributed by atoms with Gasteiger partial charge in [-0.3, -0.25) is 0 Å². The Morgan fingerprint density at radius 1 is 1.19 bits per heavy atom. The SMILES string of the molecule is Nc1ccc2nc(NS(=O)(=O)N3CCCCCC3)sc2c1. The molecule has 1 aromatic heterocycles. The van der Waals surface area contributed by atoms with Crippen LogP contribution in [0.4, 0.5) is 10.8 Å². The molecule has 0 radical (unpaired) electrons. The smallest absolute Gasteiger partial charge is 0.303 e. The molecule has 2 heterocycles. The molecule has 0 unspecified atom stereocenters. The van der Waals surface area contributed by atoms with Gasteiger partial charge in [0.25, 0.3) is 0 Å². The lowest BCUT2D eigenvalue weighted by Crippen LogP contribution is -2.36. The molecule has 1 fully saturated rings. The number of nitrogen functional groups attached to an aromatic ring is 1. The van der Waals surface area contributed by atoms with E-state index in [9.17, 15) is 8.42 Å². The van der Waals surface area contributed by atoms with E-state index in [0.29, 0.717) is 23.9 Å². The Morgan fingerprint density at radius 3 is 2.62 bits per heavy atom. The molecule has 6 nitrogen and oxygen atoms in total. The lowest BCUT2D eigenvalue weighted by atomic mass is 10.2. The molecule has 2 aromatic rings. The minimum absolute atomic E-state index is 0.389. The molecule has 3 rings (SSSR count). The summed E-state index contributed by atoms with van der Waals surface area (Å²) in [5.74, 6) is 0. The Hall–Kier alpha value is -1.38.